The van der Waals surface area contributed by atoms with Crippen molar-refractivity contribution in [1.29, 1.82) is 5.26 Å². The lowest BCUT2D eigenvalue weighted by molar-refractivity contribution is 0.133. The van der Waals surface area contributed by atoms with E-state index in [2.05, 4.69) is 23.0 Å². The zero-order chi connectivity index (χ0) is 18.8. The Kier molecular flexibility index (Phi) is 5.47. The highest BCUT2D eigenvalue weighted by Crippen LogP contribution is 2.22. The molecule has 2 aromatic heterocycles. The summed E-state index contributed by atoms with van der Waals surface area (Å²) in [6.45, 7) is 6.13. The van der Waals surface area contributed by atoms with Gasteiger partial charge in [-0.05, 0) is 45.1 Å². The van der Waals surface area contributed by atoms with Gasteiger partial charge in [-0.2, -0.15) is 10.4 Å². The van der Waals surface area contributed by atoms with Crippen molar-refractivity contribution < 1.29 is 5.11 Å². The lowest BCUT2D eigenvalue weighted by Gasteiger charge is -2.19. The van der Waals surface area contributed by atoms with E-state index >= 15 is 0 Å². The third-order valence-electron chi connectivity index (χ3n) is 5.14. The van der Waals surface area contributed by atoms with Gasteiger partial charge in [0.05, 0.1) is 11.4 Å². The molecule has 26 heavy (non-hydrogen) atoms. The van der Waals surface area contributed by atoms with Crippen LogP contribution >= 0.6 is 0 Å². The molecule has 0 saturated heterocycles. The Balaban J connectivity index is 1.75. The number of hydrogen-bond donors (Lipinski definition) is 1. The van der Waals surface area contributed by atoms with Crippen LogP contribution in [-0.4, -0.2) is 56.4 Å². The fourth-order valence-corrected chi connectivity index (χ4v) is 3.56. The number of nitriles is 1. The van der Waals surface area contributed by atoms with Crippen molar-refractivity contribution >= 4 is 0 Å². The summed E-state index contributed by atoms with van der Waals surface area (Å²) in [6.07, 6.45) is 0.460. The van der Waals surface area contributed by atoms with Crippen LogP contribution in [0.3, 0.4) is 0 Å². The number of likely N-dealkylation sites (N-methyl/N-ethyl adjacent to an activating group) is 1. The zero-order valence-corrected chi connectivity index (χ0v) is 16.1. The largest absolute Gasteiger partial charge is 0.385 e. The summed E-state index contributed by atoms with van der Waals surface area (Å²) in [5.74, 6) is 0. The van der Waals surface area contributed by atoms with E-state index in [4.69, 9.17) is 0 Å². The maximum absolute atomic E-state index is 10.3. The molecule has 0 bridgehead atoms. The Bertz CT molecular complexity index is 813. The summed E-state index contributed by atoms with van der Waals surface area (Å²) in [4.78, 5) is 4.36. The summed E-state index contributed by atoms with van der Waals surface area (Å²) in [6, 6.07) is 6.27. The molecule has 0 saturated carbocycles. The molecule has 140 valence electrons. The molecule has 0 fully saturated rings. The highest BCUT2D eigenvalue weighted by molar-refractivity contribution is 5.34. The van der Waals surface area contributed by atoms with E-state index in [-0.39, 0.29) is 0 Å². The summed E-state index contributed by atoms with van der Waals surface area (Å²) < 4.78 is 3.99. The summed E-state index contributed by atoms with van der Waals surface area (Å²) >= 11 is 0. The Morgan fingerprint density at radius 3 is 2.77 bits per heavy atom. The first kappa shape index (κ1) is 18.6. The molecule has 1 N–H and O–H groups in total. The average molecular weight is 356 g/mol. The molecule has 7 heteroatoms. The minimum Gasteiger partial charge on any atom is -0.385 e. The van der Waals surface area contributed by atoms with Crippen molar-refractivity contribution in [3.8, 4) is 6.07 Å². The number of aromatic nitrogens is 3. The number of aryl methyl sites for hydroxylation is 1. The highest BCUT2D eigenvalue weighted by atomic mass is 16.3. The summed E-state index contributed by atoms with van der Waals surface area (Å²) in [5.41, 5.74) is 4.93. The number of rotatable bonds is 5. The quantitative estimate of drug-likeness (QED) is 0.877. The van der Waals surface area contributed by atoms with Crippen molar-refractivity contribution in [2.45, 2.75) is 39.1 Å². The van der Waals surface area contributed by atoms with Crippen molar-refractivity contribution in [1.82, 2.24) is 24.1 Å². The fourth-order valence-electron chi connectivity index (χ4n) is 3.56. The van der Waals surface area contributed by atoms with Crippen molar-refractivity contribution in [3.63, 3.8) is 0 Å². The van der Waals surface area contributed by atoms with Gasteiger partial charge >= 0.3 is 0 Å². The first-order valence-electron chi connectivity index (χ1n) is 9.06. The normalized spacial score (nSPS) is 16.3. The van der Waals surface area contributed by atoms with Crippen LogP contribution in [0, 0.1) is 18.3 Å². The molecule has 0 aliphatic carbocycles. The second-order valence-electron chi connectivity index (χ2n) is 7.44. The molecule has 3 heterocycles. The predicted molar refractivity (Wildman–Crippen MR) is 99.3 cm³/mol. The molecule has 2 aromatic rings. The van der Waals surface area contributed by atoms with Crippen LogP contribution < -0.4 is 0 Å². The second-order valence-corrected chi connectivity index (χ2v) is 7.44. The summed E-state index contributed by atoms with van der Waals surface area (Å²) in [5, 5.41) is 24.2. The lowest BCUT2D eigenvalue weighted by Crippen LogP contribution is -2.23. The van der Waals surface area contributed by atoms with Crippen LogP contribution in [0.15, 0.2) is 12.1 Å². The van der Waals surface area contributed by atoms with E-state index in [0.29, 0.717) is 12.2 Å². The standard InChI is InChI=1S/C19H28N6O/c1-14-15(8-16(10-20)23(14)4)11-24-6-5-7-25-17(12-24)9-18(21-25)19(26)13-22(2)3/h8-9,19,26H,5-7,11-13H2,1-4H3. The molecule has 3 rings (SSSR count). The molecule has 0 amide bonds. The number of nitrogens with zero attached hydrogens (tertiary/aromatic N) is 6. The smallest absolute Gasteiger partial charge is 0.120 e. The first-order chi connectivity index (χ1) is 12.4. The average Bonchev–Trinajstić information content (AvgIpc) is 3.03. The molecule has 7 nitrogen and oxygen atoms in total. The van der Waals surface area contributed by atoms with Gasteiger partial charge in [-0.15, -0.1) is 0 Å². The third-order valence-corrected chi connectivity index (χ3v) is 5.14. The van der Waals surface area contributed by atoms with Gasteiger partial charge in [-0.25, -0.2) is 0 Å². The lowest BCUT2D eigenvalue weighted by atomic mass is 10.2. The van der Waals surface area contributed by atoms with Crippen LogP contribution in [0.1, 0.15) is 40.9 Å². The van der Waals surface area contributed by atoms with E-state index in [0.717, 1.165) is 49.7 Å². The van der Waals surface area contributed by atoms with E-state index in [9.17, 15) is 10.4 Å². The number of hydrogen-bond acceptors (Lipinski definition) is 5. The van der Waals surface area contributed by atoms with Gasteiger partial charge in [0, 0.05) is 45.5 Å². The van der Waals surface area contributed by atoms with E-state index < -0.39 is 6.10 Å². The molecule has 1 aliphatic heterocycles. The Morgan fingerprint density at radius 1 is 1.35 bits per heavy atom. The molecule has 1 unspecified atom stereocenters. The van der Waals surface area contributed by atoms with Crippen LogP contribution in [0.2, 0.25) is 0 Å². The summed E-state index contributed by atoms with van der Waals surface area (Å²) in [7, 11) is 5.83. The van der Waals surface area contributed by atoms with Gasteiger partial charge < -0.3 is 14.6 Å². The highest BCUT2D eigenvalue weighted by Gasteiger charge is 2.21. The van der Waals surface area contributed by atoms with E-state index in [1.54, 1.807) is 0 Å². The zero-order valence-electron chi connectivity index (χ0n) is 16.1. The van der Waals surface area contributed by atoms with Crippen LogP contribution in [0.25, 0.3) is 0 Å². The van der Waals surface area contributed by atoms with Crippen LogP contribution in [0.5, 0.6) is 0 Å². The number of fused-ring (bicyclic) bond motifs is 1. The van der Waals surface area contributed by atoms with Gasteiger partial charge in [-0.1, -0.05) is 0 Å². The van der Waals surface area contributed by atoms with Gasteiger partial charge in [0.1, 0.15) is 17.9 Å². The van der Waals surface area contributed by atoms with Crippen molar-refractivity contribution in [3.05, 3.63) is 40.5 Å². The number of aliphatic hydroxyl groups excluding tert-OH is 1. The Labute approximate surface area is 155 Å². The van der Waals surface area contributed by atoms with Crippen molar-refractivity contribution in [2.75, 3.05) is 27.2 Å². The third kappa shape index (κ3) is 3.83. The Hall–Kier alpha value is -2.14. The maximum Gasteiger partial charge on any atom is 0.120 e. The van der Waals surface area contributed by atoms with Gasteiger partial charge in [0.15, 0.2) is 0 Å². The maximum atomic E-state index is 10.3. The molecule has 1 atom stereocenters. The fraction of sp³-hybridized carbons (Fsp3) is 0.579. The molecule has 0 aromatic carbocycles. The van der Waals surface area contributed by atoms with Gasteiger partial charge in [0.2, 0.25) is 0 Å². The van der Waals surface area contributed by atoms with Crippen LogP contribution in [0.4, 0.5) is 0 Å². The first-order valence-corrected chi connectivity index (χ1v) is 9.06. The number of aliphatic hydroxyl groups is 1. The van der Waals surface area contributed by atoms with Gasteiger partial charge in [-0.3, -0.25) is 9.58 Å². The minimum atomic E-state index is -0.563. The molecule has 0 radical (unpaired) electrons. The Morgan fingerprint density at radius 2 is 2.12 bits per heavy atom. The monoisotopic (exact) mass is 356 g/mol. The molecule has 0 spiro atoms. The van der Waals surface area contributed by atoms with Gasteiger partial charge in [0.25, 0.3) is 0 Å². The minimum absolute atomic E-state index is 0.563. The molecular weight excluding hydrogens is 328 g/mol. The van der Waals surface area contributed by atoms with E-state index in [1.807, 2.05) is 47.4 Å². The van der Waals surface area contributed by atoms with Crippen molar-refractivity contribution in [2.24, 2.45) is 7.05 Å². The second kappa shape index (κ2) is 7.62. The molecule has 1 aliphatic rings. The SMILES string of the molecule is Cc1c(CN2CCCn3nc(C(O)CN(C)C)cc3C2)cc(C#N)n1C. The predicted octanol–water partition coefficient (Wildman–Crippen LogP) is 1.40. The topological polar surface area (TPSA) is 73.2 Å². The van der Waals surface area contributed by atoms with Crippen LogP contribution in [-0.2, 0) is 26.7 Å². The molecular formula is C19H28N6O. The van der Waals surface area contributed by atoms with E-state index in [1.165, 1.54) is 5.56 Å².